The SMILES string of the molecule is O=C(c1ccncc1)c1ccc(NS(=O)(=O)Cc2ccccc2Cl)cc1. The van der Waals surface area contributed by atoms with Crippen LogP contribution in [-0.2, 0) is 15.8 Å². The predicted octanol–water partition coefficient (Wildman–Crippen LogP) is 3.91. The molecule has 0 radical (unpaired) electrons. The van der Waals surface area contributed by atoms with Crippen LogP contribution in [0.4, 0.5) is 5.69 Å². The van der Waals surface area contributed by atoms with Crippen LogP contribution >= 0.6 is 11.6 Å². The maximum absolute atomic E-state index is 12.3. The molecule has 3 aromatic rings. The number of nitrogens with zero attached hydrogens (tertiary/aromatic N) is 1. The van der Waals surface area contributed by atoms with Crippen molar-refractivity contribution in [2.45, 2.75) is 5.75 Å². The van der Waals surface area contributed by atoms with Gasteiger partial charge in [-0.2, -0.15) is 0 Å². The van der Waals surface area contributed by atoms with Crippen LogP contribution in [0.3, 0.4) is 0 Å². The maximum Gasteiger partial charge on any atom is 0.236 e. The molecule has 0 amide bonds. The molecular formula is C19H15ClN2O3S. The van der Waals surface area contributed by atoms with Crippen molar-refractivity contribution in [1.29, 1.82) is 0 Å². The zero-order valence-electron chi connectivity index (χ0n) is 13.6. The minimum atomic E-state index is -3.62. The summed E-state index contributed by atoms with van der Waals surface area (Å²) in [5.41, 5.74) is 1.88. The average Bonchev–Trinajstić information content (AvgIpc) is 2.64. The van der Waals surface area contributed by atoms with E-state index < -0.39 is 10.0 Å². The quantitative estimate of drug-likeness (QED) is 0.651. The number of anilines is 1. The highest BCUT2D eigenvalue weighted by Gasteiger charge is 2.14. The lowest BCUT2D eigenvalue weighted by molar-refractivity contribution is 0.103. The number of sulfonamides is 1. The first-order valence-electron chi connectivity index (χ1n) is 7.73. The molecule has 0 saturated heterocycles. The van der Waals surface area contributed by atoms with Crippen molar-refractivity contribution in [3.05, 3.63) is 94.8 Å². The second kappa shape index (κ2) is 7.68. The number of rotatable bonds is 6. The fourth-order valence-electron chi connectivity index (χ4n) is 2.40. The van der Waals surface area contributed by atoms with E-state index in [1.54, 1.807) is 73.1 Å². The number of carbonyl (C=O) groups excluding carboxylic acids is 1. The molecule has 0 aliphatic rings. The monoisotopic (exact) mass is 386 g/mol. The van der Waals surface area contributed by atoms with Gasteiger partial charge in [-0.3, -0.25) is 14.5 Å². The number of halogens is 1. The summed E-state index contributed by atoms with van der Waals surface area (Å²) in [6, 6.07) is 16.3. The standard InChI is InChI=1S/C19H15ClN2O3S/c20-18-4-2-1-3-16(18)13-26(24,25)22-17-7-5-14(6-8-17)19(23)15-9-11-21-12-10-15/h1-12,22H,13H2. The van der Waals surface area contributed by atoms with Gasteiger partial charge >= 0.3 is 0 Å². The van der Waals surface area contributed by atoms with Gasteiger partial charge in [0.25, 0.3) is 0 Å². The molecule has 0 unspecified atom stereocenters. The molecule has 0 fully saturated rings. The molecule has 0 aliphatic heterocycles. The summed E-state index contributed by atoms with van der Waals surface area (Å²) in [6.07, 6.45) is 3.09. The number of hydrogen-bond donors (Lipinski definition) is 1. The largest absolute Gasteiger partial charge is 0.289 e. The third kappa shape index (κ3) is 4.47. The molecule has 3 rings (SSSR count). The van der Waals surface area contributed by atoms with Crippen molar-refractivity contribution >= 4 is 33.1 Å². The van der Waals surface area contributed by atoms with E-state index in [-0.39, 0.29) is 11.5 Å². The van der Waals surface area contributed by atoms with E-state index >= 15 is 0 Å². The average molecular weight is 387 g/mol. The normalized spacial score (nSPS) is 11.1. The summed E-state index contributed by atoms with van der Waals surface area (Å²) in [5.74, 6) is -0.387. The van der Waals surface area contributed by atoms with Gasteiger partial charge < -0.3 is 0 Å². The highest BCUT2D eigenvalue weighted by atomic mass is 35.5. The molecule has 7 heteroatoms. The maximum atomic E-state index is 12.3. The molecule has 1 N–H and O–H groups in total. The number of pyridine rings is 1. The lowest BCUT2D eigenvalue weighted by Crippen LogP contribution is -2.15. The van der Waals surface area contributed by atoms with Crippen LogP contribution in [0.1, 0.15) is 21.5 Å². The lowest BCUT2D eigenvalue weighted by Gasteiger charge is -2.10. The van der Waals surface area contributed by atoms with Gasteiger partial charge in [0, 0.05) is 34.2 Å². The Morgan fingerprint density at radius 3 is 2.19 bits per heavy atom. The third-order valence-electron chi connectivity index (χ3n) is 3.67. The second-order valence-electron chi connectivity index (χ2n) is 5.59. The number of hydrogen-bond acceptors (Lipinski definition) is 4. The van der Waals surface area contributed by atoms with Gasteiger partial charge in [-0.05, 0) is 48.0 Å². The summed E-state index contributed by atoms with van der Waals surface area (Å²) >= 11 is 6.01. The number of benzene rings is 2. The van der Waals surface area contributed by atoms with Crippen LogP contribution in [-0.4, -0.2) is 19.2 Å². The number of nitrogens with one attached hydrogen (secondary N) is 1. The van der Waals surface area contributed by atoms with E-state index in [2.05, 4.69) is 9.71 Å². The first kappa shape index (κ1) is 18.1. The van der Waals surface area contributed by atoms with Crippen molar-refractivity contribution in [2.24, 2.45) is 0 Å². The summed E-state index contributed by atoms with van der Waals surface area (Å²) in [6.45, 7) is 0. The Labute approximate surface area is 156 Å². The molecule has 1 heterocycles. The first-order valence-corrected chi connectivity index (χ1v) is 9.76. The van der Waals surface area contributed by atoms with E-state index in [1.807, 2.05) is 0 Å². The molecule has 0 bridgehead atoms. The molecule has 26 heavy (non-hydrogen) atoms. The Morgan fingerprint density at radius 1 is 0.923 bits per heavy atom. The van der Waals surface area contributed by atoms with E-state index in [0.29, 0.717) is 27.4 Å². The molecule has 132 valence electrons. The molecular weight excluding hydrogens is 372 g/mol. The summed E-state index contributed by atoms with van der Waals surface area (Å²) in [7, 11) is -3.62. The molecule has 5 nitrogen and oxygen atoms in total. The van der Waals surface area contributed by atoms with Crippen molar-refractivity contribution in [1.82, 2.24) is 4.98 Å². The smallest absolute Gasteiger partial charge is 0.236 e. The van der Waals surface area contributed by atoms with Gasteiger partial charge in [0.2, 0.25) is 10.0 Å². The molecule has 2 aromatic carbocycles. The van der Waals surface area contributed by atoms with Crippen LogP contribution in [0.5, 0.6) is 0 Å². The van der Waals surface area contributed by atoms with Crippen molar-refractivity contribution in [3.8, 4) is 0 Å². The van der Waals surface area contributed by atoms with Crippen LogP contribution in [0.2, 0.25) is 5.02 Å². The Bertz CT molecular complexity index is 1020. The lowest BCUT2D eigenvalue weighted by atomic mass is 10.0. The fourth-order valence-corrected chi connectivity index (χ4v) is 3.91. The van der Waals surface area contributed by atoms with E-state index in [9.17, 15) is 13.2 Å². The van der Waals surface area contributed by atoms with Crippen molar-refractivity contribution < 1.29 is 13.2 Å². The zero-order valence-corrected chi connectivity index (χ0v) is 15.2. The highest BCUT2D eigenvalue weighted by Crippen LogP contribution is 2.20. The summed E-state index contributed by atoms with van der Waals surface area (Å²) < 4.78 is 27.1. The molecule has 1 aromatic heterocycles. The topological polar surface area (TPSA) is 76.1 Å². The minimum absolute atomic E-state index is 0.155. The highest BCUT2D eigenvalue weighted by molar-refractivity contribution is 7.91. The van der Waals surface area contributed by atoms with Gasteiger partial charge in [0.05, 0.1) is 5.75 Å². The van der Waals surface area contributed by atoms with E-state index in [0.717, 1.165) is 0 Å². The number of ketones is 1. The van der Waals surface area contributed by atoms with Crippen molar-refractivity contribution in [2.75, 3.05) is 4.72 Å². The third-order valence-corrected chi connectivity index (χ3v) is 5.27. The van der Waals surface area contributed by atoms with Gasteiger partial charge in [0.1, 0.15) is 0 Å². The Hall–Kier alpha value is -2.70. The van der Waals surface area contributed by atoms with Gasteiger partial charge in [0.15, 0.2) is 5.78 Å². The summed E-state index contributed by atoms with van der Waals surface area (Å²) in [5, 5.41) is 0.399. The summed E-state index contributed by atoms with van der Waals surface area (Å²) in [4.78, 5) is 16.2. The molecule has 0 saturated carbocycles. The second-order valence-corrected chi connectivity index (χ2v) is 7.72. The predicted molar refractivity (Wildman–Crippen MR) is 102 cm³/mol. The number of aromatic nitrogens is 1. The van der Waals surface area contributed by atoms with Crippen LogP contribution in [0.25, 0.3) is 0 Å². The zero-order chi connectivity index (χ0) is 18.6. The van der Waals surface area contributed by atoms with E-state index in [4.69, 9.17) is 11.6 Å². The molecule has 0 atom stereocenters. The molecule has 0 spiro atoms. The minimum Gasteiger partial charge on any atom is -0.289 e. The van der Waals surface area contributed by atoms with Crippen LogP contribution in [0.15, 0.2) is 73.1 Å². The molecule has 0 aliphatic carbocycles. The Kier molecular flexibility index (Phi) is 5.35. The number of carbonyl (C=O) groups is 1. The van der Waals surface area contributed by atoms with Gasteiger partial charge in [-0.1, -0.05) is 29.8 Å². The Morgan fingerprint density at radius 2 is 1.54 bits per heavy atom. The van der Waals surface area contributed by atoms with Crippen LogP contribution < -0.4 is 4.72 Å². The van der Waals surface area contributed by atoms with Gasteiger partial charge in [-0.25, -0.2) is 8.42 Å². The van der Waals surface area contributed by atoms with Crippen LogP contribution in [0, 0.1) is 0 Å². The fraction of sp³-hybridized carbons (Fsp3) is 0.0526. The van der Waals surface area contributed by atoms with Gasteiger partial charge in [-0.15, -0.1) is 0 Å². The first-order chi connectivity index (χ1) is 12.4. The Balaban J connectivity index is 1.73. The van der Waals surface area contributed by atoms with Crippen molar-refractivity contribution in [3.63, 3.8) is 0 Å². The van der Waals surface area contributed by atoms with E-state index in [1.165, 1.54) is 0 Å².